The lowest BCUT2D eigenvalue weighted by atomic mass is 10.2. The van der Waals surface area contributed by atoms with E-state index < -0.39 is 17.6 Å². The molecule has 0 spiro atoms. The minimum absolute atomic E-state index is 0.0332. The van der Waals surface area contributed by atoms with Gasteiger partial charge in [0.2, 0.25) is 0 Å². The fourth-order valence-corrected chi connectivity index (χ4v) is 2.08. The van der Waals surface area contributed by atoms with E-state index in [9.17, 15) is 18.0 Å². The molecule has 1 amide bonds. The number of nitrogens with one attached hydrogen (secondary N) is 1. The van der Waals surface area contributed by atoms with Crippen molar-refractivity contribution in [3.63, 3.8) is 0 Å². The van der Waals surface area contributed by atoms with Crippen LogP contribution in [0.3, 0.4) is 0 Å². The molecule has 3 N–H and O–H groups in total. The smallest absolute Gasteiger partial charge is 0.384 e. The van der Waals surface area contributed by atoms with Crippen LogP contribution < -0.4 is 11.1 Å². The van der Waals surface area contributed by atoms with E-state index in [1.54, 1.807) is 0 Å². The molecule has 1 aromatic heterocycles. The number of benzene rings is 1. The number of rotatable bonds is 2. The van der Waals surface area contributed by atoms with E-state index in [0.29, 0.717) is 0 Å². The maximum atomic E-state index is 12.8. The van der Waals surface area contributed by atoms with Gasteiger partial charge in [-0.1, -0.05) is 15.9 Å². The lowest BCUT2D eigenvalue weighted by molar-refractivity contribution is -0.138. The average Bonchev–Trinajstić information content (AvgIpc) is 2.39. The van der Waals surface area contributed by atoms with Crippen LogP contribution in [0.4, 0.5) is 24.7 Å². The van der Waals surface area contributed by atoms with Gasteiger partial charge in [-0.25, -0.2) is 4.98 Å². The zero-order valence-electron chi connectivity index (χ0n) is 10.4. The van der Waals surface area contributed by atoms with Crippen LogP contribution in [-0.4, -0.2) is 10.9 Å². The van der Waals surface area contributed by atoms with Crippen molar-refractivity contribution in [2.24, 2.45) is 0 Å². The van der Waals surface area contributed by atoms with Gasteiger partial charge in [0.25, 0.3) is 5.91 Å². The van der Waals surface area contributed by atoms with E-state index >= 15 is 0 Å². The summed E-state index contributed by atoms with van der Waals surface area (Å²) in [6, 6.07) is 6.18. The van der Waals surface area contributed by atoms with Gasteiger partial charge in [0.05, 0.1) is 5.56 Å². The van der Waals surface area contributed by atoms with Gasteiger partial charge in [0.1, 0.15) is 5.82 Å². The van der Waals surface area contributed by atoms with Gasteiger partial charge in [-0.2, -0.15) is 13.2 Å². The van der Waals surface area contributed by atoms with Gasteiger partial charge >= 0.3 is 6.18 Å². The van der Waals surface area contributed by atoms with Gasteiger partial charge in [-0.05, 0) is 30.3 Å². The largest absolute Gasteiger partial charge is 0.417 e. The first-order valence-electron chi connectivity index (χ1n) is 5.67. The number of hydrogen-bond acceptors (Lipinski definition) is 3. The Balaban J connectivity index is 2.26. The summed E-state index contributed by atoms with van der Waals surface area (Å²) in [7, 11) is 0. The summed E-state index contributed by atoms with van der Waals surface area (Å²) in [4.78, 5) is 15.7. The van der Waals surface area contributed by atoms with Crippen molar-refractivity contribution in [1.29, 1.82) is 0 Å². The van der Waals surface area contributed by atoms with Gasteiger partial charge in [-0.3, -0.25) is 4.79 Å². The number of aromatic nitrogens is 1. The summed E-state index contributed by atoms with van der Waals surface area (Å²) in [6.07, 6.45) is -3.17. The van der Waals surface area contributed by atoms with Crippen LogP contribution in [0.1, 0.15) is 15.9 Å². The Morgan fingerprint density at radius 2 is 1.95 bits per heavy atom. The fraction of sp³-hybridized carbons (Fsp3) is 0.0769. The zero-order valence-corrected chi connectivity index (χ0v) is 12.0. The molecule has 1 heterocycles. The molecule has 0 fully saturated rings. The molecule has 1 aromatic carbocycles. The predicted molar refractivity (Wildman–Crippen MR) is 75.7 cm³/mol. The maximum Gasteiger partial charge on any atom is 0.417 e. The minimum atomic E-state index is -4.51. The van der Waals surface area contributed by atoms with Crippen molar-refractivity contribution in [2.45, 2.75) is 6.18 Å². The Hall–Kier alpha value is -2.09. The predicted octanol–water partition coefficient (Wildman–Crippen LogP) is 3.70. The summed E-state index contributed by atoms with van der Waals surface area (Å²) >= 11 is 2.83. The molecule has 0 aliphatic rings. The molecule has 0 aliphatic heterocycles. The monoisotopic (exact) mass is 359 g/mol. The van der Waals surface area contributed by atoms with Gasteiger partial charge in [0.15, 0.2) is 0 Å². The highest BCUT2D eigenvalue weighted by Gasteiger charge is 2.33. The molecule has 0 saturated carbocycles. The molecule has 0 atom stereocenters. The first-order valence-corrected chi connectivity index (χ1v) is 6.46. The van der Waals surface area contributed by atoms with Gasteiger partial charge < -0.3 is 11.1 Å². The number of nitrogens with two attached hydrogens (primary N) is 1. The third-order valence-electron chi connectivity index (χ3n) is 2.57. The number of nitrogen functional groups attached to an aromatic ring is 1. The third-order valence-corrected chi connectivity index (χ3v) is 3.26. The number of amides is 1. The Kier molecular flexibility index (Phi) is 4.17. The third kappa shape index (κ3) is 3.72. The van der Waals surface area contributed by atoms with Gasteiger partial charge in [-0.15, -0.1) is 0 Å². The average molecular weight is 360 g/mol. The molecule has 0 saturated heterocycles. The second kappa shape index (κ2) is 5.72. The van der Waals surface area contributed by atoms with E-state index in [2.05, 4.69) is 26.2 Å². The Morgan fingerprint density at radius 3 is 2.57 bits per heavy atom. The quantitative estimate of drug-likeness (QED) is 0.858. The lowest BCUT2D eigenvalue weighted by Crippen LogP contribution is -2.14. The summed E-state index contributed by atoms with van der Waals surface area (Å²) in [5.41, 5.74) is 4.82. The number of carbonyl (C=O) groups is 1. The fourth-order valence-electron chi connectivity index (χ4n) is 1.61. The van der Waals surface area contributed by atoms with E-state index in [1.165, 1.54) is 30.5 Å². The van der Waals surface area contributed by atoms with Crippen LogP contribution in [-0.2, 0) is 6.18 Å². The number of nitrogens with zero attached hydrogens (tertiary/aromatic N) is 1. The number of carbonyl (C=O) groups excluding carboxylic acids is 1. The van der Waals surface area contributed by atoms with Crippen LogP contribution in [0.5, 0.6) is 0 Å². The van der Waals surface area contributed by atoms with Crippen molar-refractivity contribution < 1.29 is 18.0 Å². The summed E-state index contributed by atoms with van der Waals surface area (Å²) in [5.74, 6) is -0.422. The van der Waals surface area contributed by atoms with Crippen LogP contribution >= 0.6 is 15.9 Å². The molecule has 21 heavy (non-hydrogen) atoms. The lowest BCUT2D eigenvalue weighted by Gasteiger charge is -2.12. The summed E-state index contributed by atoms with van der Waals surface area (Å²) in [6.45, 7) is 0. The zero-order chi connectivity index (χ0) is 15.6. The normalized spacial score (nSPS) is 11.2. The Morgan fingerprint density at radius 1 is 1.24 bits per heavy atom. The van der Waals surface area contributed by atoms with Crippen molar-refractivity contribution >= 4 is 33.3 Å². The topological polar surface area (TPSA) is 68.0 Å². The van der Waals surface area contributed by atoms with Crippen molar-refractivity contribution in [3.05, 3.63) is 52.1 Å². The van der Waals surface area contributed by atoms with Crippen molar-refractivity contribution in [2.75, 3.05) is 11.1 Å². The minimum Gasteiger partial charge on any atom is -0.384 e. The van der Waals surface area contributed by atoms with Crippen molar-refractivity contribution in [1.82, 2.24) is 4.98 Å². The second-order valence-electron chi connectivity index (χ2n) is 4.12. The standard InChI is InChI=1S/C13H9BrF3N3O/c14-10-2-1-8(6-9(10)13(15,16)17)20-12(21)7-3-4-19-11(18)5-7/h1-6H,(H2,18,19)(H,20,21). The molecule has 0 aliphatic carbocycles. The number of hydrogen-bond donors (Lipinski definition) is 2. The molecule has 2 aromatic rings. The van der Waals surface area contributed by atoms with Crippen LogP contribution in [0.2, 0.25) is 0 Å². The first-order chi connectivity index (χ1) is 9.77. The van der Waals surface area contributed by atoms with E-state index in [0.717, 1.165) is 6.07 Å². The molecule has 8 heteroatoms. The number of halogens is 4. The van der Waals surface area contributed by atoms with Gasteiger partial charge in [0, 0.05) is 21.9 Å². The highest BCUT2D eigenvalue weighted by atomic mass is 79.9. The summed E-state index contributed by atoms with van der Waals surface area (Å²) < 4.78 is 38.2. The second-order valence-corrected chi connectivity index (χ2v) is 4.97. The van der Waals surface area contributed by atoms with Crippen LogP contribution in [0.15, 0.2) is 41.0 Å². The molecular formula is C13H9BrF3N3O. The van der Waals surface area contributed by atoms with E-state index in [-0.39, 0.29) is 21.5 Å². The molecule has 0 bridgehead atoms. The number of alkyl halides is 3. The highest BCUT2D eigenvalue weighted by molar-refractivity contribution is 9.10. The van der Waals surface area contributed by atoms with E-state index in [1.807, 2.05) is 0 Å². The first kappa shape index (κ1) is 15.3. The molecule has 0 radical (unpaired) electrons. The van der Waals surface area contributed by atoms with Crippen molar-refractivity contribution in [3.8, 4) is 0 Å². The maximum absolute atomic E-state index is 12.8. The Labute approximate surface area is 126 Å². The SMILES string of the molecule is Nc1cc(C(=O)Nc2ccc(Br)c(C(F)(F)F)c2)ccn1. The summed E-state index contributed by atoms with van der Waals surface area (Å²) in [5, 5.41) is 2.38. The van der Waals surface area contributed by atoms with E-state index in [4.69, 9.17) is 5.73 Å². The molecule has 0 unspecified atom stereocenters. The molecular weight excluding hydrogens is 351 g/mol. The van der Waals surface area contributed by atoms with Crippen LogP contribution in [0, 0.1) is 0 Å². The number of pyridine rings is 1. The molecule has 110 valence electrons. The molecule has 4 nitrogen and oxygen atoms in total. The van der Waals surface area contributed by atoms with Crippen LogP contribution in [0.25, 0.3) is 0 Å². The highest BCUT2D eigenvalue weighted by Crippen LogP contribution is 2.36. The Bertz CT molecular complexity index is 689. The number of anilines is 2. The molecule has 2 rings (SSSR count).